The van der Waals surface area contributed by atoms with Crippen LogP contribution in [0.15, 0.2) is 0 Å². The van der Waals surface area contributed by atoms with Crippen LogP contribution in [0.5, 0.6) is 0 Å². The van der Waals surface area contributed by atoms with Crippen LogP contribution in [0, 0.1) is 17.8 Å². The minimum atomic E-state index is 0.269. The van der Waals surface area contributed by atoms with E-state index in [4.69, 9.17) is 6.42 Å². The van der Waals surface area contributed by atoms with E-state index in [0.29, 0.717) is 18.3 Å². The number of terminal acetylenes is 1. The van der Waals surface area contributed by atoms with Gasteiger partial charge in [0.2, 0.25) is 5.91 Å². The molecule has 0 spiro atoms. The van der Waals surface area contributed by atoms with E-state index in [9.17, 15) is 4.79 Å². The Morgan fingerprint density at radius 1 is 1.50 bits per heavy atom. The lowest BCUT2D eigenvalue weighted by Crippen LogP contribution is -2.31. The fourth-order valence-corrected chi connectivity index (χ4v) is 1.73. The van der Waals surface area contributed by atoms with Gasteiger partial charge in [-0.05, 0) is 18.3 Å². The molecular weight excluding hydrogens is 174 g/mol. The molecule has 2 heteroatoms. The van der Waals surface area contributed by atoms with Crippen molar-refractivity contribution in [2.24, 2.45) is 5.41 Å². The number of carbonyl (C=O) groups is 1. The first kappa shape index (κ1) is 11.1. The standard InChI is InChI=1S/C12H19NO/c1-4-5-9-13-10-8-12(2,3)7-6-11(13)14/h1H,5-10H2,2-3H3. The van der Waals surface area contributed by atoms with Crippen molar-refractivity contribution in [1.82, 2.24) is 4.90 Å². The number of hydrogen-bond donors (Lipinski definition) is 0. The van der Waals surface area contributed by atoms with Gasteiger partial charge in [-0.2, -0.15) is 0 Å². The second kappa shape index (κ2) is 4.50. The molecule has 1 saturated heterocycles. The highest BCUT2D eigenvalue weighted by atomic mass is 16.2. The minimum Gasteiger partial charge on any atom is -0.342 e. The van der Waals surface area contributed by atoms with Crippen LogP contribution in [0.2, 0.25) is 0 Å². The summed E-state index contributed by atoms with van der Waals surface area (Å²) in [6.45, 7) is 6.05. The van der Waals surface area contributed by atoms with Gasteiger partial charge in [-0.3, -0.25) is 4.79 Å². The monoisotopic (exact) mass is 193 g/mol. The summed E-state index contributed by atoms with van der Waals surface area (Å²) in [6.07, 6.45) is 8.63. The first-order valence-corrected chi connectivity index (χ1v) is 5.26. The van der Waals surface area contributed by atoms with E-state index < -0.39 is 0 Å². The van der Waals surface area contributed by atoms with Crippen LogP contribution < -0.4 is 0 Å². The van der Waals surface area contributed by atoms with Gasteiger partial charge in [0.25, 0.3) is 0 Å². The molecule has 0 bridgehead atoms. The number of carbonyl (C=O) groups excluding carboxylic acids is 1. The molecule has 0 saturated carbocycles. The van der Waals surface area contributed by atoms with Gasteiger partial charge in [-0.15, -0.1) is 12.3 Å². The summed E-state index contributed by atoms with van der Waals surface area (Å²) in [5.74, 6) is 2.85. The van der Waals surface area contributed by atoms with Crippen LogP contribution in [0.3, 0.4) is 0 Å². The predicted octanol–water partition coefficient (Wildman–Crippen LogP) is 2.05. The number of nitrogens with zero attached hydrogens (tertiary/aromatic N) is 1. The molecule has 14 heavy (non-hydrogen) atoms. The molecule has 0 aliphatic carbocycles. The topological polar surface area (TPSA) is 20.3 Å². The molecule has 1 rings (SSSR count). The molecule has 0 aromatic carbocycles. The maximum Gasteiger partial charge on any atom is 0.222 e. The van der Waals surface area contributed by atoms with Crippen LogP contribution in [0.25, 0.3) is 0 Å². The van der Waals surface area contributed by atoms with Crippen molar-refractivity contribution in [3.8, 4) is 12.3 Å². The first-order chi connectivity index (χ1) is 6.55. The summed E-state index contributed by atoms with van der Waals surface area (Å²) in [5, 5.41) is 0. The van der Waals surface area contributed by atoms with Crippen molar-refractivity contribution in [3.63, 3.8) is 0 Å². The summed E-state index contributed by atoms with van der Waals surface area (Å²) in [5.41, 5.74) is 0.306. The van der Waals surface area contributed by atoms with Crippen molar-refractivity contribution >= 4 is 5.91 Å². The molecule has 1 aliphatic rings. The molecule has 1 aliphatic heterocycles. The molecule has 0 aromatic heterocycles. The third-order valence-corrected chi connectivity index (χ3v) is 2.95. The van der Waals surface area contributed by atoms with Gasteiger partial charge < -0.3 is 4.90 Å². The largest absolute Gasteiger partial charge is 0.342 e. The Bertz CT molecular complexity index is 250. The van der Waals surface area contributed by atoms with Gasteiger partial charge in [-0.25, -0.2) is 0 Å². The lowest BCUT2D eigenvalue weighted by Gasteiger charge is -2.22. The van der Waals surface area contributed by atoms with Crippen molar-refractivity contribution in [2.45, 2.75) is 39.5 Å². The fourth-order valence-electron chi connectivity index (χ4n) is 1.73. The highest BCUT2D eigenvalue weighted by Crippen LogP contribution is 2.30. The molecule has 0 aromatic rings. The van der Waals surface area contributed by atoms with Crippen molar-refractivity contribution in [3.05, 3.63) is 0 Å². The molecule has 1 heterocycles. The summed E-state index contributed by atoms with van der Waals surface area (Å²) < 4.78 is 0. The van der Waals surface area contributed by atoms with Crippen molar-refractivity contribution in [2.75, 3.05) is 13.1 Å². The normalized spacial score (nSPS) is 21.5. The van der Waals surface area contributed by atoms with E-state index >= 15 is 0 Å². The van der Waals surface area contributed by atoms with E-state index in [0.717, 1.165) is 25.9 Å². The van der Waals surface area contributed by atoms with Crippen LogP contribution in [0.4, 0.5) is 0 Å². The summed E-state index contributed by atoms with van der Waals surface area (Å²) in [6, 6.07) is 0. The van der Waals surface area contributed by atoms with E-state index in [-0.39, 0.29) is 5.91 Å². The maximum atomic E-state index is 11.7. The lowest BCUT2D eigenvalue weighted by atomic mass is 9.85. The fraction of sp³-hybridized carbons (Fsp3) is 0.750. The Hall–Kier alpha value is -0.970. The van der Waals surface area contributed by atoms with Gasteiger partial charge in [0.15, 0.2) is 0 Å². The summed E-state index contributed by atoms with van der Waals surface area (Å²) in [7, 11) is 0. The Morgan fingerprint density at radius 3 is 2.86 bits per heavy atom. The van der Waals surface area contributed by atoms with E-state index in [2.05, 4.69) is 19.8 Å². The molecular formula is C12H19NO. The average Bonchev–Trinajstić information content (AvgIpc) is 2.25. The highest BCUT2D eigenvalue weighted by molar-refractivity contribution is 5.76. The van der Waals surface area contributed by atoms with Gasteiger partial charge in [0.1, 0.15) is 0 Å². The zero-order chi connectivity index (χ0) is 10.6. The van der Waals surface area contributed by atoms with E-state index in [1.165, 1.54) is 0 Å². The smallest absolute Gasteiger partial charge is 0.222 e. The van der Waals surface area contributed by atoms with Crippen LogP contribution in [-0.4, -0.2) is 23.9 Å². The first-order valence-electron chi connectivity index (χ1n) is 5.26. The molecule has 78 valence electrons. The molecule has 2 nitrogen and oxygen atoms in total. The number of likely N-dealkylation sites (tertiary alicyclic amines) is 1. The SMILES string of the molecule is C#CCCN1CCC(C)(C)CCC1=O. The van der Waals surface area contributed by atoms with Gasteiger partial charge in [0, 0.05) is 25.9 Å². The van der Waals surface area contributed by atoms with Crippen LogP contribution in [0.1, 0.15) is 39.5 Å². The molecule has 0 atom stereocenters. The quantitative estimate of drug-likeness (QED) is 0.615. The summed E-state index contributed by atoms with van der Waals surface area (Å²) >= 11 is 0. The number of rotatable bonds is 2. The Balaban J connectivity index is 2.53. The zero-order valence-corrected chi connectivity index (χ0v) is 9.18. The van der Waals surface area contributed by atoms with Crippen LogP contribution >= 0.6 is 0 Å². The molecule has 0 radical (unpaired) electrons. The maximum absolute atomic E-state index is 11.7. The predicted molar refractivity (Wildman–Crippen MR) is 57.7 cm³/mol. The van der Waals surface area contributed by atoms with Crippen LogP contribution in [-0.2, 0) is 4.79 Å². The Labute approximate surface area is 86.7 Å². The Kier molecular flexibility index (Phi) is 3.57. The van der Waals surface area contributed by atoms with E-state index in [1.54, 1.807) is 0 Å². The van der Waals surface area contributed by atoms with Gasteiger partial charge in [-0.1, -0.05) is 13.8 Å². The van der Waals surface area contributed by atoms with Crippen molar-refractivity contribution < 1.29 is 4.79 Å². The van der Waals surface area contributed by atoms with Gasteiger partial charge in [0.05, 0.1) is 0 Å². The Morgan fingerprint density at radius 2 is 2.21 bits per heavy atom. The minimum absolute atomic E-state index is 0.269. The second-order valence-electron chi connectivity index (χ2n) is 4.75. The molecule has 0 unspecified atom stereocenters. The zero-order valence-electron chi connectivity index (χ0n) is 9.18. The second-order valence-corrected chi connectivity index (χ2v) is 4.75. The molecule has 0 N–H and O–H groups in total. The van der Waals surface area contributed by atoms with Gasteiger partial charge >= 0.3 is 0 Å². The number of amides is 1. The molecule has 1 amide bonds. The third kappa shape index (κ3) is 3.06. The van der Waals surface area contributed by atoms with Crippen molar-refractivity contribution in [1.29, 1.82) is 0 Å². The highest BCUT2D eigenvalue weighted by Gasteiger charge is 2.26. The molecule has 1 fully saturated rings. The number of hydrogen-bond acceptors (Lipinski definition) is 1. The lowest BCUT2D eigenvalue weighted by molar-refractivity contribution is -0.130. The third-order valence-electron chi connectivity index (χ3n) is 2.95. The van der Waals surface area contributed by atoms with E-state index in [1.807, 2.05) is 4.90 Å². The average molecular weight is 193 g/mol. The summed E-state index contributed by atoms with van der Waals surface area (Å²) in [4.78, 5) is 13.6.